The van der Waals surface area contributed by atoms with Crippen LogP contribution in [0.3, 0.4) is 0 Å². The summed E-state index contributed by atoms with van der Waals surface area (Å²) in [6.45, 7) is 2.17. The van der Waals surface area contributed by atoms with E-state index in [1.54, 1.807) is 35.2 Å². The van der Waals surface area contributed by atoms with E-state index in [-0.39, 0.29) is 5.91 Å². The van der Waals surface area contributed by atoms with E-state index in [1.165, 1.54) is 12.8 Å². The van der Waals surface area contributed by atoms with Gasteiger partial charge in [-0.3, -0.25) is 9.78 Å². The van der Waals surface area contributed by atoms with Gasteiger partial charge < -0.3 is 15.6 Å². The summed E-state index contributed by atoms with van der Waals surface area (Å²) < 4.78 is 1.69. The third kappa shape index (κ3) is 3.67. The Hall–Kier alpha value is -4.27. The van der Waals surface area contributed by atoms with Gasteiger partial charge in [-0.2, -0.15) is 10.1 Å². The van der Waals surface area contributed by atoms with Gasteiger partial charge in [-0.05, 0) is 55.5 Å². The van der Waals surface area contributed by atoms with Crippen molar-refractivity contribution in [3.63, 3.8) is 0 Å². The highest BCUT2D eigenvalue weighted by atomic mass is 16.1. The van der Waals surface area contributed by atoms with E-state index in [0.717, 1.165) is 28.1 Å². The summed E-state index contributed by atoms with van der Waals surface area (Å²) in [5, 5.41) is 11.5. The zero-order valence-corrected chi connectivity index (χ0v) is 18.0. The predicted molar refractivity (Wildman–Crippen MR) is 126 cm³/mol. The molecule has 0 spiro atoms. The lowest BCUT2D eigenvalue weighted by molar-refractivity contribution is 0.102. The number of H-pyrrole nitrogens is 1. The molecule has 6 rings (SSSR count). The molecule has 0 saturated heterocycles. The summed E-state index contributed by atoms with van der Waals surface area (Å²) in [4.78, 5) is 29.3. The van der Waals surface area contributed by atoms with Crippen molar-refractivity contribution in [2.75, 3.05) is 10.6 Å². The van der Waals surface area contributed by atoms with Crippen LogP contribution in [-0.4, -0.2) is 41.5 Å². The minimum Gasteiger partial charge on any atom is -0.351 e. The molecule has 0 aromatic carbocycles. The zero-order chi connectivity index (χ0) is 22.4. The van der Waals surface area contributed by atoms with Crippen LogP contribution in [0.5, 0.6) is 0 Å². The minimum absolute atomic E-state index is 0.238. The monoisotopic (exact) mass is 438 g/mol. The smallest absolute Gasteiger partial charge is 0.259 e. The first-order valence-electron chi connectivity index (χ1n) is 11.0. The number of carbonyl (C=O) groups excluding carboxylic acids is 1. The number of aromatic nitrogens is 6. The number of nitrogens with one attached hydrogen (secondary N) is 3. The van der Waals surface area contributed by atoms with Crippen LogP contribution >= 0.6 is 0 Å². The van der Waals surface area contributed by atoms with Crippen LogP contribution in [0.15, 0.2) is 61.4 Å². The number of carbonyl (C=O) groups is 1. The fourth-order valence-electron chi connectivity index (χ4n) is 4.09. The zero-order valence-electron chi connectivity index (χ0n) is 18.0. The molecule has 9 heteroatoms. The normalized spacial score (nSPS) is 14.5. The van der Waals surface area contributed by atoms with Crippen molar-refractivity contribution in [2.24, 2.45) is 5.92 Å². The molecule has 33 heavy (non-hydrogen) atoms. The molecule has 0 unspecified atom stereocenters. The highest BCUT2D eigenvalue weighted by molar-refractivity contribution is 6.09. The molecular weight excluding hydrogens is 416 g/mol. The van der Waals surface area contributed by atoms with E-state index < -0.39 is 0 Å². The predicted octanol–water partition coefficient (Wildman–Crippen LogP) is 4.13. The molecule has 5 heterocycles. The first-order valence-corrected chi connectivity index (χ1v) is 11.0. The topological polar surface area (TPSA) is 113 Å². The van der Waals surface area contributed by atoms with E-state index in [0.29, 0.717) is 28.8 Å². The average Bonchev–Trinajstić information content (AvgIpc) is 3.47. The third-order valence-electron chi connectivity index (χ3n) is 6.11. The number of anilines is 2. The molecule has 1 atom stereocenters. The van der Waals surface area contributed by atoms with Gasteiger partial charge in [0.1, 0.15) is 5.65 Å². The summed E-state index contributed by atoms with van der Waals surface area (Å²) in [6.07, 6.45) is 13.0. The summed E-state index contributed by atoms with van der Waals surface area (Å²) in [5.41, 5.74) is 4.51. The first kappa shape index (κ1) is 19.4. The lowest BCUT2D eigenvalue weighted by Gasteiger charge is -2.12. The third-order valence-corrected chi connectivity index (χ3v) is 6.11. The fourth-order valence-corrected chi connectivity index (χ4v) is 4.09. The van der Waals surface area contributed by atoms with Gasteiger partial charge >= 0.3 is 0 Å². The van der Waals surface area contributed by atoms with Crippen LogP contribution in [0.2, 0.25) is 0 Å². The Labute approximate surface area is 189 Å². The first-order chi connectivity index (χ1) is 16.2. The number of fused-ring (bicyclic) bond motifs is 2. The van der Waals surface area contributed by atoms with Gasteiger partial charge in [0.25, 0.3) is 5.91 Å². The molecular formula is C24H22N8O. The number of amides is 1. The quantitative estimate of drug-likeness (QED) is 0.367. The molecule has 5 aromatic rings. The maximum Gasteiger partial charge on any atom is 0.259 e. The van der Waals surface area contributed by atoms with Crippen molar-refractivity contribution >= 4 is 34.1 Å². The highest BCUT2D eigenvalue weighted by Crippen LogP contribution is 2.34. The Morgan fingerprint density at radius 2 is 2.15 bits per heavy atom. The molecule has 9 nitrogen and oxygen atoms in total. The van der Waals surface area contributed by atoms with Crippen LogP contribution in [0.1, 0.15) is 30.1 Å². The Bertz CT molecular complexity index is 1470. The Kier molecular flexibility index (Phi) is 4.53. The summed E-state index contributed by atoms with van der Waals surface area (Å²) >= 11 is 0. The molecule has 1 saturated carbocycles. The van der Waals surface area contributed by atoms with Crippen LogP contribution in [0.4, 0.5) is 11.6 Å². The van der Waals surface area contributed by atoms with Crippen molar-refractivity contribution in [1.82, 2.24) is 29.5 Å². The molecule has 1 aliphatic carbocycles. The van der Waals surface area contributed by atoms with Crippen LogP contribution in [0, 0.1) is 5.92 Å². The lowest BCUT2D eigenvalue weighted by atomic mass is 10.1. The van der Waals surface area contributed by atoms with Crippen molar-refractivity contribution in [2.45, 2.75) is 25.8 Å². The van der Waals surface area contributed by atoms with Crippen molar-refractivity contribution < 1.29 is 4.79 Å². The summed E-state index contributed by atoms with van der Waals surface area (Å²) in [6, 6.07) is 7.86. The number of hydrogen-bond donors (Lipinski definition) is 3. The van der Waals surface area contributed by atoms with E-state index in [4.69, 9.17) is 0 Å². The molecule has 164 valence electrons. The number of aromatic amines is 1. The molecule has 1 amide bonds. The Balaban J connectivity index is 1.32. The van der Waals surface area contributed by atoms with Gasteiger partial charge in [0.2, 0.25) is 5.95 Å². The van der Waals surface area contributed by atoms with E-state index >= 15 is 0 Å². The van der Waals surface area contributed by atoms with E-state index in [2.05, 4.69) is 42.6 Å². The minimum atomic E-state index is -0.238. The SMILES string of the molecule is C[C@@H](Nc1ncc2c(-c3ccn4ncc(C(=O)Nc5cccnc5)c4c3)c[nH]c2n1)C1CC1. The Morgan fingerprint density at radius 3 is 2.97 bits per heavy atom. The molecule has 1 aliphatic rings. The second kappa shape index (κ2) is 7.70. The van der Waals surface area contributed by atoms with Gasteiger partial charge in [-0.1, -0.05) is 0 Å². The van der Waals surface area contributed by atoms with Crippen LogP contribution < -0.4 is 10.6 Å². The second-order valence-corrected chi connectivity index (χ2v) is 8.43. The number of pyridine rings is 2. The van der Waals surface area contributed by atoms with Crippen molar-refractivity contribution in [3.8, 4) is 11.1 Å². The maximum absolute atomic E-state index is 12.9. The van der Waals surface area contributed by atoms with Gasteiger partial charge in [0.15, 0.2) is 0 Å². The van der Waals surface area contributed by atoms with Gasteiger partial charge in [-0.15, -0.1) is 0 Å². The fraction of sp³-hybridized carbons (Fsp3) is 0.208. The number of nitrogens with zero attached hydrogens (tertiary/aromatic N) is 5. The maximum atomic E-state index is 12.9. The lowest BCUT2D eigenvalue weighted by Crippen LogP contribution is -2.18. The summed E-state index contributed by atoms with van der Waals surface area (Å²) in [7, 11) is 0. The van der Waals surface area contributed by atoms with Gasteiger partial charge in [0, 0.05) is 41.8 Å². The number of rotatable bonds is 6. The Morgan fingerprint density at radius 1 is 1.24 bits per heavy atom. The van der Waals surface area contributed by atoms with Crippen LogP contribution in [-0.2, 0) is 0 Å². The van der Waals surface area contributed by atoms with Crippen molar-refractivity contribution in [3.05, 3.63) is 67.0 Å². The molecule has 5 aromatic heterocycles. The average molecular weight is 438 g/mol. The van der Waals surface area contributed by atoms with Gasteiger partial charge in [-0.25, -0.2) is 9.50 Å². The largest absolute Gasteiger partial charge is 0.351 e. The molecule has 0 radical (unpaired) electrons. The summed E-state index contributed by atoms with van der Waals surface area (Å²) in [5.74, 6) is 1.12. The van der Waals surface area contributed by atoms with Crippen LogP contribution in [0.25, 0.3) is 27.7 Å². The molecule has 1 fully saturated rings. The second-order valence-electron chi connectivity index (χ2n) is 8.43. The molecule has 0 aliphatic heterocycles. The van der Waals surface area contributed by atoms with Gasteiger partial charge in [0.05, 0.1) is 29.2 Å². The van der Waals surface area contributed by atoms with E-state index in [9.17, 15) is 4.79 Å². The molecule has 0 bridgehead atoms. The van der Waals surface area contributed by atoms with E-state index in [1.807, 2.05) is 30.7 Å². The molecule has 3 N–H and O–H groups in total. The number of hydrogen-bond acceptors (Lipinski definition) is 6. The van der Waals surface area contributed by atoms with Crippen molar-refractivity contribution in [1.29, 1.82) is 0 Å². The standard InChI is InChI=1S/C24H22N8O/c1-14(15-4-5-15)29-24-27-12-19-18(11-26-22(19)31-24)16-6-8-32-21(9-16)20(13-28-32)23(33)30-17-3-2-7-25-10-17/h2-3,6-15H,4-5H2,1H3,(H,30,33)(H2,26,27,29,31)/t14-/m1/s1. The highest BCUT2D eigenvalue weighted by Gasteiger charge is 2.28.